The number of alkyl carbamates (subject to hydrolysis) is 1. The van der Waals surface area contributed by atoms with Gasteiger partial charge in [0.05, 0.1) is 12.6 Å². The first-order valence-corrected chi connectivity index (χ1v) is 5.19. The number of nitrogens with one attached hydrogen (secondary N) is 1. The second kappa shape index (κ2) is 5.62. The Morgan fingerprint density at radius 1 is 1.79 bits per heavy atom. The first-order valence-electron chi connectivity index (χ1n) is 4.31. The molecule has 0 unspecified atom stereocenters. The summed E-state index contributed by atoms with van der Waals surface area (Å²) in [7, 11) is 0. The van der Waals surface area contributed by atoms with Crippen LogP contribution in [-0.4, -0.2) is 24.4 Å². The lowest BCUT2D eigenvalue weighted by atomic mass is 10.3. The van der Waals surface area contributed by atoms with Crippen molar-refractivity contribution in [3.05, 3.63) is 22.4 Å². The largest absolute Gasteiger partial charge is 0.447 e. The molecule has 1 heterocycles. The molecule has 0 aliphatic heterocycles. The smallest absolute Gasteiger partial charge is 0.407 e. The number of rotatable bonds is 4. The predicted octanol–water partition coefficient (Wildman–Crippen LogP) is 1.53. The number of thiophene rings is 1. The van der Waals surface area contributed by atoms with Crippen LogP contribution in [0.3, 0.4) is 0 Å². The average molecular weight is 215 g/mol. The fourth-order valence-electron chi connectivity index (χ4n) is 0.966. The number of ether oxygens (including phenoxy) is 1. The van der Waals surface area contributed by atoms with Crippen molar-refractivity contribution >= 4 is 17.4 Å². The lowest BCUT2D eigenvalue weighted by Gasteiger charge is -2.11. The molecule has 1 aromatic rings. The van der Waals surface area contributed by atoms with Gasteiger partial charge in [0.15, 0.2) is 0 Å². The van der Waals surface area contributed by atoms with Crippen LogP contribution in [0.2, 0.25) is 0 Å². The Hall–Kier alpha value is -1.07. The highest BCUT2D eigenvalue weighted by atomic mass is 32.1. The van der Waals surface area contributed by atoms with Crippen LogP contribution in [0.15, 0.2) is 17.5 Å². The Bertz CT molecular complexity index is 274. The highest BCUT2D eigenvalue weighted by Crippen LogP contribution is 2.17. The van der Waals surface area contributed by atoms with E-state index in [1.54, 1.807) is 11.3 Å². The molecule has 4 nitrogen and oxygen atoms in total. The quantitative estimate of drug-likeness (QED) is 0.800. The van der Waals surface area contributed by atoms with Crippen LogP contribution in [0.4, 0.5) is 4.79 Å². The minimum absolute atomic E-state index is 0.0307. The van der Waals surface area contributed by atoms with Gasteiger partial charge in [-0.15, -0.1) is 11.3 Å². The van der Waals surface area contributed by atoms with E-state index in [1.807, 2.05) is 24.4 Å². The number of hydrogen-bond donors (Lipinski definition) is 2. The Labute approximate surface area is 86.5 Å². The molecular weight excluding hydrogens is 202 g/mol. The van der Waals surface area contributed by atoms with Gasteiger partial charge in [0.25, 0.3) is 0 Å². The zero-order chi connectivity index (χ0) is 10.4. The number of amides is 1. The standard InChI is InChI=1S/C9H13NO3S/c1-7(8-3-2-6-14-8)10-9(12)13-5-4-11/h2-3,6-7,11H,4-5H2,1H3,(H,10,12)/t7-/m1/s1. The molecule has 2 N–H and O–H groups in total. The van der Waals surface area contributed by atoms with Crippen LogP contribution in [-0.2, 0) is 4.74 Å². The molecule has 1 aromatic heterocycles. The summed E-state index contributed by atoms with van der Waals surface area (Å²) in [6, 6.07) is 3.82. The lowest BCUT2D eigenvalue weighted by molar-refractivity contribution is 0.117. The number of carbonyl (C=O) groups is 1. The summed E-state index contributed by atoms with van der Waals surface area (Å²) in [6.07, 6.45) is -0.500. The molecule has 0 saturated carbocycles. The SMILES string of the molecule is C[C@@H](NC(=O)OCCO)c1cccs1. The summed E-state index contributed by atoms with van der Waals surface area (Å²) >= 11 is 1.58. The molecule has 0 aromatic carbocycles. The van der Waals surface area contributed by atoms with Crippen LogP contribution in [0.5, 0.6) is 0 Å². The van der Waals surface area contributed by atoms with Gasteiger partial charge in [-0.05, 0) is 18.4 Å². The van der Waals surface area contributed by atoms with Crippen LogP contribution in [0.25, 0.3) is 0 Å². The summed E-state index contributed by atoms with van der Waals surface area (Å²) < 4.78 is 4.66. The third-order valence-electron chi connectivity index (χ3n) is 1.63. The molecule has 0 radical (unpaired) electrons. The first kappa shape index (κ1) is 11.0. The van der Waals surface area contributed by atoms with Crippen LogP contribution < -0.4 is 5.32 Å². The lowest BCUT2D eigenvalue weighted by Crippen LogP contribution is -2.27. The van der Waals surface area contributed by atoms with Gasteiger partial charge in [0.1, 0.15) is 6.61 Å². The van der Waals surface area contributed by atoms with E-state index in [2.05, 4.69) is 10.1 Å². The molecule has 0 aliphatic carbocycles. The molecule has 1 rings (SSSR count). The zero-order valence-electron chi connectivity index (χ0n) is 7.90. The predicted molar refractivity (Wildman–Crippen MR) is 54.3 cm³/mol. The molecular formula is C9H13NO3S. The second-order valence-electron chi connectivity index (χ2n) is 2.74. The molecule has 1 atom stereocenters. The maximum absolute atomic E-state index is 11.1. The van der Waals surface area contributed by atoms with Crippen LogP contribution in [0, 0.1) is 0 Å². The van der Waals surface area contributed by atoms with Crippen molar-refractivity contribution in [2.75, 3.05) is 13.2 Å². The van der Waals surface area contributed by atoms with Crippen molar-refractivity contribution in [1.29, 1.82) is 0 Å². The summed E-state index contributed by atoms with van der Waals surface area (Å²) in [5.41, 5.74) is 0. The van der Waals surface area contributed by atoms with E-state index in [1.165, 1.54) is 0 Å². The van der Waals surface area contributed by atoms with Gasteiger partial charge in [-0.25, -0.2) is 4.79 Å². The van der Waals surface area contributed by atoms with Crippen molar-refractivity contribution < 1.29 is 14.6 Å². The molecule has 5 heteroatoms. The Balaban J connectivity index is 2.33. The van der Waals surface area contributed by atoms with Gasteiger partial charge >= 0.3 is 6.09 Å². The van der Waals surface area contributed by atoms with Gasteiger partial charge in [0, 0.05) is 4.88 Å². The van der Waals surface area contributed by atoms with Crippen LogP contribution >= 0.6 is 11.3 Å². The third kappa shape index (κ3) is 3.35. The highest BCUT2D eigenvalue weighted by molar-refractivity contribution is 7.10. The van der Waals surface area contributed by atoms with E-state index >= 15 is 0 Å². The Kier molecular flexibility index (Phi) is 4.42. The van der Waals surface area contributed by atoms with Gasteiger partial charge in [-0.1, -0.05) is 6.07 Å². The van der Waals surface area contributed by atoms with Crippen molar-refractivity contribution in [2.45, 2.75) is 13.0 Å². The number of aliphatic hydroxyl groups is 1. The molecule has 0 bridgehead atoms. The summed E-state index contributed by atoms with van der Waals surface area (Å²) in [5.74, 6) is 0. The highest BCUT2D eigenvalue weighted by Gasteiger charge is 2.10. The topological polar surface area (TPSA) is 58.6 Å². The molecule has 0 saturated heterocycles. The number of carbonyl (C=O) groups excluding carboxylic acids is 1. The second-order valence-corrected chi connectivity index (χ2v) is 3.72. The third-order valence-corrected chi connectivity index (χ3v) is 2.68. The monoisotopic (exact) mass is 215 g/mol. The van der Waals surface area contributed by atoms with E-state index in [-0.39, 0.29) is 19.3 Å². The number of hydrogen-bond acceptors (Lipinski definition) is 4. The Morgan fingerprint density at radius 2 is 2.57 bits per heavy atom. The molecule has 78 valence electrons. The molecule has 0 fully saturated rings. The minimum atomic E-state index is -0.500. The fraction of sp³-hybridized carbons (Fsp3) is 0.444. The molecule has 1 amide bonds. The normalized spacial score (nSPS) is 12.1. The Morgan fingerprint density at radius 3 is 3.14 bits per heavy atom. The fourth-order valence-corrected chi connectivity index (χ4v) is 1.70. The molecule has 0 spiro atoms. The number of aliphatic hydroxyl groups excluding tert-OH is 1. The van der Waals surface area contributed by atoms with E-state index < -0.39 is 6.09 Å². The summed E-state index contributed by atoms with van der Waals surface area (Å²) in [5, 5.41) is 13.0. The summed E-state index contributed by atoms with van der Waals surface area (Å²) in [4.78, 5) is 12.1. The van der Waals surface area contributed by atoms with Gasteiger partial charge in [0.2, 0.25) is 0 Å². The maximum Gasteiger partial charge on any atom is 0.407 e. The van der Waals surface area contributed by atoms with Gasteiger partial charge in [-0.3, -0.25) is 0 Å². The van der Waals surface area contributed by atoms with E-state index in [9.17, 15) is 4.79 Å². The summed E-state index contributed by atoms with van der Waals surface area (Å²) in [6.45, 7) is 1.76. The first-order chi connectivity index (χ1) is 6.74. The minimum Gasteiger partial charge on any atom is -0.447 e. The van der Waals surface area contributed by atoms with Crippen LogP contribution in [0.1, 0.15) is 17.8 Å². The van der Waals surface area contributed by atoms with Gasteiger partial charge in [-0.2, -0.15) is 0 Å². The van der Waals surface area contributed by atoms with Crippen molar-refractivity contribution in [3.63, 3.8) is 0 Å². The van der Waals surface area contributed by atoms with E-state index in [0.717, 1.165) is 4.88 Å². The van der Waals surface area contributed by atoms with E-state index in [4.69, 9.17) is 5.11 Å². The van der Waals surface area contributed by atoms with Crippen molar-refractivity contribution in [1.82, 2.24) is 5.32 Å². The molecule has 14 heavy (non-hydrogen) atoms. The average Bonchev–Trinajstić information content (AvgIpc) is 2.67. The van der Waals surface area contributed by atoms with Crippen molar-refractivity contribution in [2.24, 2.45) is 0 Å². The van der Waals surface area contributed by atoms with Crippen molar-refractivity contribution in [3.8, 4) is 0 Å². The zero-order valence-corrected chi connectivity index (χ0v) is 8.71. The van der Waals surface area contributed by atoms with E-state index in [0.29, 0.717) is 0 Å². The maximum atomic E-state index is 11.1. The van der Waals surface area contributed by atoms with Gasteiger partial charge < -0.3 is 15.2 Å². The molecule has 0 aliphatic rings.